The highest BCUT2D eigenvalue weighted by Gasteiger charge is 2.16. The molecule has 2 aromatic heterocycles. The molecule has 10 heteroatoms. The third-order valence-corrected chi connectivity index (χ3v) is 8.30. The second-order valence-corrected chi connectivity index (χ2v) is 11.5. The van der Waals surface area contributed by atoms with Gasteiger partial charge in [-0.15, -0.1) is 0 Å². The quantitative estimate of drug-likeness (QED) is 0.270. The summed E-state index contributed by atoms with van der Waals surface area (Å²) in [5.74, 6) is -0.215. The van der Waals surface area contributed by atoms with E-state index < -0.39 is 0 Å². The number of aromatic nitrogens is 2. The van der Waals surface area contributed by atoms with E-state index in [1.807, 2.05) is 74.4 Å². The highest BCUT2D eigenvalue weighted by molar-refractivity contribution is 8.76. The summed E-state index contributed by atoms with van der Waals surface area (Å²) in [5.41, 5.74) is 2.77. The maximum absolute atomic E-state index is 12.9. The Kier molecular flexibility index (Phi) is 9.57. The van der Waals surface area contributed by atoms with E-state index in [2.05, 4.69) is 20.6 Å². The van der Waals surface area contributed by atoms with Gasteiger partial charge in [0.15, 0.2) is 0 Å². The Balaban J connectivity index is 1.55. The predicted molar refractivity (Wildman–Crippen MR) is 157 cm³/mol. The Hall–Kier alpha value is -3.18. The molecule has 0 atom stereocenters. The van der Waals surface area contributed by atoms with E-state index in [4.69, 9.17) is 0 Å². The van der Waals surface area contributed by atoms with Crippen molar-refractivity contribution in [1.29, 1.82) is 0 Å². The van der Waals surface area contributed by atoms with Crippen molar-refractivity contribution >= 4 is 55.2 Å². The topological polar surface area (TPSA) is 90.5 Å². The predicted octanol–water partition coefficient (Wildman–Crippen LogP) is 4.17. The number of amides is 2. The molecule has 0 bridgehead atoms. The number of pyridine rings is 2. The van der Waals surface area contributed by atoms with Crippen molar-refractivity contribution in [1.82, 2.24) is 30.4 Å². The fraction of sp³-hybridized carbons (Fsp3) is 0.286. The van der Waals surface area contributed by atoms with Gasteiger partial charge in [-0.3, -0.25) is 19.6 Å². The van der Waals surface area contributed by atoms with E-state index in [1.165, 1.54) is 0 Å². The summed E-state index contributed by atoms with van der Waals surface area (Å²) >= 11 is 0. The van der Waals surface area contributed by atoms with Crippen LogP contribution in [0.25, 0.3) is 21.8 Å². The normalized spacial score (nSPS) is 11.4. The molecule has 8 nitrogen and oxygen atoms in total. The van der Waals surface area contributed by atoms with Crippen molar-refractivity contribution in [3.05, 3.63) is 72.1 Å². The van der Waals surface area contributed by atoms with E-state index in [1.54, 1.807) is 46.1 Å². The average Bonchev–Trinajstić information content (AvgIpc) is 2.90. The molecule has 0 aliphatic rings. The van der Waals surface area contributed by atoms with Gasteiger partial charge in [0.1, 0.15) is 0 Å². The molecular weight excluding hydrogens is 516 g/mol. The number of rotatable bonds is 11. The van der Waals surface area contributed by atoms with Gasteiger partial charge >= 0.3 is 0 Å². The zero-order chi connectivity index (χ0) is 27.1. The van der Waals surface area contributed by atoms with Gasteiger partial charge in [-0.25, -0.2) is 0 Å². The minimum absolute atomic E-state index is 0.108. The number of hydrogen-bond acceptors (Lipinski definition) is 8. The van der Waals surface area contributed by atoms with Crippen LogP contribution in [0, 0.1) is 0 Å². The molecule has 2 N–H and O–H groups in total. The molecule has 4 aromatic rings. The molecule has 2 aromatic carbocycles. The van der Waals surface area contributed by atoms with Gasteiger partial charge in [0, 0.05) is 59.1 Å². The van der Waals surface area contributed by atoms with Crippen LogP contribution in [0.1, 0.15) is 20.7 Å². The number of fused-ring (bicyclic) bond motifs is 2. The monoisotopic (exact) mass is 548 g/mol. The number of nitrogens with one attached hydrogen (secondary N) is 2. The van der Waals surface area contributed by atoms with Crippen LogP contribution in [0.4, 0.5) is 0 Å². The van der Waals surface area contributed by atoms with Crippen LogP contribution >= 0.6 is 21.6 Å². The van der Waals surface area contributed by atoms with E-state index >= 15 is 0 Å². The van der Waals surface area contributed by atoms with Crippen LogP contribution in [0.3, 0.4) is 0 Å². The minimum atomic E-state index is -0.108. The first-order valence-electron chi connectivity index (χ1n) is 12.3. The molecule has 0 radical (unpaired) electrons. The van der Waals surface area contributed by atoms with E-state index in [0.717, 1.165) is 44.7 Å². The molecule has 4 rings (SSSR count). The molecular formula is C28H32N6O2S2. The van der Waals surface area contributed by atoms with Crippen molar-refractivity contribution < 1.29 is 9.59 Å². The Morgan fingerprint density at radius 3 is 1.50 bits per heavy atom. The van der Waals surface area contributed by atoms with Crippen molar-refractivity contribution in [2.45, 2.75) is 9.79 Å². The lowest BCUT2D eigenvalue weighted by molar-refractivity contribution is 0.0944. The first-order valence-corrected chi connectivity index (χ1v) is 14.5. The van der Waals surface area contributed by atoms with Gasteiger partial charge in [0.2, 0.25) is 0 Å². The lowest BCUT2D eigenvalue weighted by Crippen LogP contribution is -2.31. The summed E-state index contributed by atoms with van der Waals surface area (Å²) in [4.78, 5) is 40.8. The number of carbonyl (C=O) groups is 2. The molecule has 38 heavy (non-hydrogen) atoms. The number of para-hydroxylation sites is 2. The number of likely N-dealkylation sites (N-methyl/N-ethyl adjacent to an activating group) is 2. The zero-order valence-electron chi connectivity index (χ0n) is 22.0. The number of hydrogen-bond donors (Lipinski definition) is 2. The minimum Gasteiger partial charge on any atom is -0.351 e. The molecule has 2 amide bonds. The SMILES string of the molecule is CN(C)CCNC(=O)c1ccnc2c(SSc3cccc4c(C(=O)NCCN(C)C)ccnc34)cccc12. The fourth-order valence-electron chi connectivity index (χ4n) is 3.89. The second-order valence-electron chi connectivity index (χ2n) is 9.31. The first-order chi connectivity index (χ1) is 18.3. The highest BCUT2D eigenvalue weighted by Crippen LogP contribution is 2.42. The maximum Gasteiger partial charge on any atom is 0.252 e. The van der Waals surface area contributed by atoms with Crippen molar-refractivity contribution in [2.75, 3.05) is 54.4 Å². The van der Waals surface area contributed by atoms with Gasteiger partial charge in [-0.2, -0.15) is 0 Å². The first kappa shape index (κ1) is 27.8. The van der Waals surface area contributed by atoms with Crippen LogP contribution in [-0.2, 0) is 0 Å². The summed E-state index contributed by atoms with van der Waals surface area (Å²) in [7, 11) is 11.0. The van der Waals surface area contributed by atoms with Gasteiger partial charge in [-0.05, 0) is 52.5 Å². The van der Waals surface area contributed by atoms with E-state index in [-0.39, 0.29) is 11.8 Å². The van der Waals surface area contributed by atoms with Crippen LogP contribution in [0.2, 0.25) is 0 Å². The Bertz CT molecular complexity index is 1330. The highest BCUT2D eigenvalue weighted by atomic mass is 33.1. The van der Waals surface area contributed by atoms with Gasteiger partial charge in [0.05, 0.1) is 22.2 Å². The second kappa shape index (κ2) is 13.1. The lowest BCUT2D eigenvalue weighted by Gasteiger charge is -2.13. The average molecular weight is 549 g/mol. The van der Waals surface area contributed by atoms with Crippen LogP contribution < -0.4 is 10.6 Å². The van der Waals surface area contributed by atoms with Crippen molar-refractivity contribution in [3.8, 4) is 0 Å². The summed E-state index contributed by atoms with van der Waals surface area (Å²) in [6, 6.07) is 15.3. The summed E-state index contributed by atoms with van der Waals surface area (Å²) in [6.07, 6.45) is 3.36. The van der Waals surface area contributed by atoms with Crippen LogP contribution in [-0.4, -0.2) is 86.0 Å². The largest absolute Gasteiger partial charge is 0.351 e. The molecule has 0 unspecified atom stereocenters. The molecule has 0 spiro atoms. The molecule has 0 saturated heterocycles. The van der Waals surface area contributed by atoms with Gasteiger partial charge < -0.3 is 20.4 Å². The smallest absolute Gasteiger partial charge is 0.252 e. The summed E-state index contributed by atoms with van der Waals surface area (Å²) in [6.45, 7) is 2.68. The number of benzene rings is 2. The van der Waals surface area contributed by atoms with Crippen molar-refractivity contribution in [2.24, 2.45) is 0 Å². The van der Waals surface area contributed by atoms with Crippen LogP contribution in [0.15, 0.2) is 70.7 Å². The Morgan fingerprint density at radius 2 is 1.11 bits per heavy atom. The molecule has 198 valence electrons. The molecule has 0 fully saturated rings. The Morgan fingerprint density at radius 1 is 0.684 bits per heavy atom. The standard InChI is InChI=1S/C28H32N6O2S2/c1-33(2)17-15-31-27(35)21-11-13-29-25-19(21)7-5-9-23(25)37-38-24-10-6-8-20-22(12-14-30-26(20)24)28(36)32-16-18-34(3)4/h5-14H,15-18H2,1-4H3,(H,31,35)(H,32,36). The molecule has 0 aliphatic carbocycles. The molecule has 0 saturated carbocycles. The molecule has 2 heterocycles. The summed E-state index contributed by atoms with van der Waals surface area (Å²) in [5, 5.41) is 7.60. The van der Waals surface area contributed by atoms with Gasteiger partial charge in [-0.1, -0.05) is 45.9 Å². The van der Waals surface area contributed by atoms with Crippen LogP contribution in [0.5, 0.6) is 0 Å². The van der Waals surface area contributed by atoms with E-state index in [9.17, 15) is 9.59 Å². The fourth-order valence-corrected chi connectivity index (χ4v) is 6.17. The summed E-state index contributed by atoms with van der Waals surface area (Å²) < 4.78 is 0. The van der Waals surface area contributed by atoms with Crippen molar-refractivity contribution in [3.63, 3.8) is 0 Å². The lowest BCUT2D eigenvalue weighted by atomic mass is 10.1. The Labute approximate surface area is 231 Å². The third kappa shape index (κ3) is 6.82. The number of carbonyl (C=O) groups excluding carboxylic acids is 2. The van der Waals surface area contributed by atoms with E-state index in [0.29, 0.717) is 24.2 Å². The number of nitrogens with zero attached hydrogens (tertiary/aromatic N) is 4. The zero-order valence-corrected chi connectivity index (χ0v) is 23.7. The third-order valence-electron chi connectivity index (χ3n) is 5.87. The van der Waals surface area contributed by atoms with Gasteiger partial charge in [0.25, 0.3) is 11.8 Å². The maximum atomic E-state index is 12.9. The molecule has 0 aliphatic heterocycles.